The number of hydrogen-bond acceptors (Lipinski definition) is 1. The van der Waals surface area contributed by atoms with Gasteiger partial charge >= 0.3 is 0 Å². The van der Waals surface area contributed by atoms with Gasteiger partial charge in [-0.2, -0.15) is 0 Å². The van der Waals surface area contributed by atoms with Gasteiger partial charge in [-0.15, -0.1) is 11.6 Å². The van der Waals surface area contributed by atoms with E-state index in [0.29, 0.717) is 5.38 Å². The Bertz CT molecular complexity index is 319. The zero-order chi connectivity index (χ0) is 10.7. The normalized spacial score (nSPS) is 19.3. The van der Waals surface area contributed by atoms with Crippen LogP contribution < -0.4 is 0 Å². The summed E-state index contributed by atoms with van der Waals surface area (Å²) in [6.07, 6.45) is 2.18. The summed E-state index contributed by atoms with van der Waals surface area (Å²) in [5.41, 5.74) is 1.21. The highest BCUT2D eigenvalue weighted by Crippen LogP contribution is 2.21. The standard InChI is InChI=1S/C12H15Cl2N/c13-11-5-7-15(8-6-11)9-10-3-1-2-4-12(10)14/h1-4,11H,5-9H2. The zero-order valence-corrected chi connectivity index (χ0v) is 10.1. The molecule has 0 saturated carbocycles. The third-order valence-electron chi connectivity index (χ3n) is 2.87. The van der Waals surface area contributed by atoms with Crippen molar-refractivity contribution in [2.24, 2.45) is 0 Å². The second-order valence-corrected chi connectivity index (χ2v) is 5.07. The van der Waals surface area contributed by atoms with Gasteiger partial charge in [0.2, 0.25) is 0 Å². The third kappa shape index (κ3) is 3.10. The second-order valence-electron chi connectivity index (χ2n) is 4.04. The number of nitrogens with zero attached hydrogens (tertiary/aromatic N) is 1. The summed E-state index contributed by atoms with van der Waals surface area (Å²) in [7, 11) is 0. The molecule has 0 bridgehead atoms. The van der Waals surface area contributed by atoms with Gasteiger partial charge in [0.05, 0.1) is 0 Å². The van der Waals surface area contributed by atoms with E-state index in [1.807, 2.05) is 18.2 Å². The first kappa shape index (κ1) is 11.3. The number of likely N-dealkylation sites (tertiary alicyclic amines) is 1. The van der Waals surface area contributed by atoms with Crippen LogP contribution in [-0.4, -0.2) is 23.4 Å². The third-order valence-corrected chi connectivity index (χ3v) is 3.67. The van der Waals surface area contributed by atoms with Crippen LogP contribution in [0.5, 0.6) is 0 Å². The van der Waals surface area contributed by atoms with E-state index in [2.05, 4.69) is 11.0 Å². The maximum absolute atomic E-state index is 6.12. The Morgan fingerprint density at radius 2 is 1.87 bits per heavy atom. The SMILES string of the molecule is Clc1ccccc1CN1CCC(Cl)CC1. The molecule has 0 N–H and O–H groups in total. The van der Waals surface area contributed by atoms with E-state index in [1.54, 1.807) is 0 Å². The molecule has 0 unspecified atom stereocenters. The van der Waals surface area contributed by atoms with Crippen LogP contribution in [0, 0.1) is 0 Å². The van der Waals surface area contributed by atoms with Gasteiger partial charge in [-0.3, -0.25) is 4.90 Å². The molecule has 0 aliphatic carbocycles. The van der Waals surface area contributed by atoms with Crippen molar-refractivity contribution < 1.29 is 0 Å². The molecule has 3 heteroatoms. The van der Waals surface area contributed by atoms with Crippen LogP contribution >= 0.6 is 23.2 Å². The van der Waals surface area contributed by atoms with Crippen molar-refractivity contribution >= 4 is 23.2 Å². The molecule has 1 fully saturated rings. The molecule has 1 heterocycles. The van der Waals surface area contributed by atoms with Gasteiger partial charge in [-0.05, 0) is 37.6 Å². The predicted molar refractivity (Wildman–Crippen MR) is 65.6 cm³/mol. The van der Waals surface area contributed by atoms with Crippen molar-refractivity contribution in [2.75, 3.05) is 13.1 Å². The maximum atomic E-state index is 6.12. The second kappa shape index (κ2) is 5.20. The number of benzene rings is 1. The summed E-state index contributed by atoms with van der Waals surface area (Å²) in [5, 5.41) is 1.23. The van der Waals surface area contributed by atoms with Gasteiger partial charge in [-0.25, -0.2) is 0 Å². The van der Waals surface area contributed by atoms with E-state index in [9.17, 15) is 0 Å². The fourth-order valence-electron chi connectivity index (χ4n) is 1.93. The lowest BCUT2D eigenvalue weighted by molar-refractivity contribution is 0.223. The molecule has 0 spiro atoms. The minimum absolute atomic E-state index is 0.368. The fourth-order valence-corrected chi connectivity index (χ4v) is 2.32. The van der Waals surface area contributed by atoms with E-state index in [0.717, 1.165) is 37.5 Å². The molecule has 0 aromatic heterocycles. The van der Waals surface area contributed by atoms with Crippen molar-refractivity contribution in [3.63, 3.8) is 0 Å². The minimum atomic E-state index is 0.368. The van der Waals surface area contributed by atoms with Crippen LogP contribution in [0.4, 0.5) is 0 Å². The van der Waals surface area contributed by atoms with E-state index in [-0.39, 0.29) is 0 Å². The first-order chi connectivity index (χ1) is 7.25. The Hall–Kier alpha value is -0.240. The highest BCUT2D eigenvalue weighted by atomic mass is 35.5. The summed E-state index contributed by atoms with van der Waals surface area (Å²) in [5.74, 6) is 0. The number of rotatable bonds is 2. The lowest BCUT2D eigenvalue weighted by Gasteiger charge is -2.29. The minimum Gasteiger partial charge on any atom is -0.299 e. The monoisotopic (exact) mass is 243 g/mol. The zero-order valence-electron chi connectivity index (χ0n) is 8.63. The Balaban J connectivity index is 1.95. The molecule has 0 atom stereocenters. The molecule has 2 rings (SSSR count). The summed E-state index contributed by atoms with van der Waals surface area (Å²) in [4.78, 5) is 2.42. The van der Waals surface area contributed by atoms with Gasteiger partial charge in [0.15, 0.2) is 0 Å². The van der Waals surface area contributed by atoms with Crippen LogP contribution in [0.15, 0.2) is 24.3 Å². The smallest absolute Gasteiger partial charge is 0.0451 e. The Morgan fingerprint density at radius 3 is 2.53 bits per heavy atom. The van der Waals surface area contributed by atoms with E-state index >= 15 is 0 Å². The molecule has 1 aromatic rings. The van der Waals surface area contributed by atoms with E-state index in [4.69, 9.17) is 23.2 Å². The van der Waals surface area contributed by atoms with Crippen molar-refractivity contribution in [2.45, 2.75) is 24.8 Å². The quantitative estimate of drug-likeness (QED) is 0.719. The molecule has 0 radical (unpaired) electrons. The molecular formula is C12H15Cl2N. The lowest BCUT2D eigenvalue weighted by atomic mass is 10.1. The van der Waals surface area contributed by atoms with Crippen molar-refractivity contribution in [1.82, 2.24) is 4.90 Å². The summed E-state index contributed by atoms with van der Waals surface area (Å²) >= 11 is 12.2. The van der Waals surface area contributed by atoms with Crippen molar-refractivity contribution in [3.8, 4) is 0 Å². The molecule has 15 heavy (non-hydrogen) atoms. The van der Waals surface area contributed by atoms with Crippen LogP contribution in [0.2, 0.25) is 5.02 Å². The van der Waals surface area contributed by atoms with Gasteiger partial charge in [0, 0.05) is 16.9 Å². The van der Waals surface area contributed by atoms with Crippen molar-refractivity contribution in [3.05, 3.63) is 34.9 Å². The Labute approximate surface area is 101 Å². The average Bonchev–Trinajstić information content (AvgIpc) is 2.25. The number of alkyl halides is 1. The number of halogens is 2. The molecule has 82 valence electrons. The Morgan fingerprint density at radius 1 is 1.20 bits per heavy atom. The number of hydrogen-bond donors (Lipinski definition) is 0. The molecule has 1 aliphatic heterocycles. The molecular weight excluding hydrogens is 229 g/mol. The predicted octanol–water partition coefficient (Wildman–Crippen LogP) is 3.54. The van der Waals surface area contributed by atoms with Crippen LogP contribution in [-0.2, 0) is 6.54 Å². The van der Waals surface area contributed by atoms with Crippen LogP contribution in [0.3, 0.4) is 0 Å². The van der Waals surface area contributed by atoms with Gasteiger partial charge in [0.25, 0.3) is 0 Å². The van der Waals surface area contributed by atoms with E-state index in [1.165, 1.54) is 5.56 Å². The largest absolute Gasteiger partial charge is 0.299 e. The number of piperidine rings is 1. The first-order valence-corrected chi connectivity index (χ1v) is 6.17. The lowest BCUT2D eigenvalue weighted by Crippen LogP contribution is -2.33. The molecule has 1 aliphatic rings. The molecule has 1 nitrogen and oxygen atoms in total. The molecule has 0 amide bonds. The highest BCUT2D eigenvalue weighted by Gasteiger charge is 2.17. The summed E-state index contributed by atoms with van der Waals surface area (Å²) in [6, 6.07) is 8.05. The Kier molecular flexibility index (Phi) is 3.90. The highest BCUT2D eigenvalue weighted by molar-refractivity contribution is 6.31. The van der Waals surface area contributed by atoms with Gasteiger partial charge < -0.3 is 0 Å². The average molecular weight is 244 g/mol. The maximum Gasteiger partial charge on any atom is 0.0451 e. The van der Waals surface area contributed by atoms with Gasteiger partial charge in [-0.1, -0.05) is 29.8 Å². The first-order valence-electron chi connectivity index (χ1n) is 5.35. The van der Waals surface area contributed by atoms with Crippen molar-refractivity contribution in [1.29, 1.82) is 0 Å². The van der Waals surface area contributed by atoms with E-state index < -0.39 is 0 Å². The van der Waals surface area contributed by atoms with Crippen LogP contribution in [0.25, 0.3) is 0 Å². The topological polar surface area (TPSA) is 3.24 Å². The van der Waals surface area contributed by atoms with Crippen LogP contribution in [0.1, 0.15) is 18.4 Å². The van der Waals surface area contributed by atoms with Gasteiger partial charge in [0.1, 0.15) is 0 Å². The summed E-state index contributed by atoms with van der Waals surface area (Å²) < 4.78 is 0. The molecule has 1 saturated heterocycles. The fraction of sp³-hybridized carbons (Fsp3) is 0.500. The molecule has 1 aromatic carbocycles. The summed E-state index contributed by atoms with van der Waals surface area (Å²) in [6.45, 7) is 3.11.